The highest BCUT2D eigenvalue weighted by molar-refractivity contribution is 7.90. The van der Waals surface area contributed by atoms with E-state index in [1.54, 1.807) is 9.47 Å². The third-order valence-electron chi connectivity index (χ3n) is 6.16. The molecule has 37 heavy (non-hydrogen) atoms. The van der Waals surface area contributed by atoms with Gasteiger partial charge < -0.3 is 14.2 Å². The third kappa shape index (κ3) is 4.65. The average Bonchev–Trinajstić information content (AvgIpc) is 3.17. The molecule has 3 aromatic rings. The Morgan fingerprint density at radius 3 is 2.35 bits per heavy atom. The van der Waals surface area contributed by atoms with Gasteiger partial charge in [0.25, 0.3) is 0 Å². The number of Topliss-reactive ketones (excluding diaryl/α,β-unsaturated/α-hetero) is 1. The average molecular weight is 540 g/mol. The van der Waals surface area contributed by atoms with E-state index in [0.29, 0.717) is 16.9 Å². The molecule has 1 atom stereocenters. The van der Waals surface area contributed by atoms with Crippen LogP contribution in [0.15, 0.2) is 23.2 Å². The number of alkyl halides is 3. The zero-order chi connectivity index (χ0) is 27.4. The van der Waals surface area contributed by atoms with Crippen molar-refractivity contribution in [3.63, 3.8) is 0 Å². The molecule has 4 rings (SSSR count). The summed E-state index contributed by atoms with van der Waals surface area (Å²) in [6, 6.07) is 2.11. The Labute approximate surface area is 210 Å². The number of carbonyl (C=O) groups is 2. The molecule has 0 radical (unpaired) electrons. The molecule has 0 bridgehead atoms. The van der Waals surface area contributed by atoms with Gasteiger partial charge in [-0.3, -0.25) is 4.79 Å². The summed E-state index contributed by atoms with van der Waals surface area (Å²) >= 11 is 0. The highest BCUT2D eigenvalue weighted by atomic mass is 32.2. The van der Waals surface area contributed by atoms with E-state index >= 15 is 0 Å². The van der Waals surface area contributed by atoms with Gasteiger partial charge in [-0.2, -0.15) is 13.2 Å². The van der Waals surface area contributed by atoms with Crippen LogP contribution < -0.4 is 4.90 Å². The van der Waals surface area contributed by atoms with Crippen LogP contribution in [0.3, 0.4) is 0 Å². The van der Waals surface area contributed by atoms with Crippen molar-refractivity contribution >= 4 is 38.6 Å². The molecule has 1 aliphatic rings. The molecule has 2 aromatic heterocycles. The second kappa shape index (κ2) is 9.08. The summed E-state index contributed by atoms with van der Waals surface area (Å²) in [5.41, 5.74) is -1.31. The summed E-state index contributed by atoms with van der Waals surface area (Å²) < 4.78 is 72.5. The number of esters is 1. The summed E-state index contributed by atoms with van der Waals surface area (Å²) in [4.78, 5) is 37.9. The Morgan fingerprint density at radius 2 is 1.81 bits per heavy atom. The summed E-state index contributed by atoms with van der Waals surface area (Å²) in [5.74, 6) is -1.58. The Hall–Kier alpha value is -3.55. The van der Waals surface area contributed by atoms with Gasteiger partial charge in [-0.15, -0.1) is 0 Å². The van der Waals surface area contributed by atoms with E-state index in [-0.39, 0.29) is 35.4 Å². The maximum Gasteiger partial charge on any atom is 0.434 e. The fraction of sp³-hybridized carbons (Fsp3) is 0.435. The van der Waals surface area contributed by atoms with E-state index in [9.17, 15) is 31.2 Å². The van der Waals surface area contributed by atoms with Crippen LogP contribution in [0.1, 0.15) is 59.0 Å². The fourth-order valence-corrected chi connectivity index (χ4v) is 5.43. The molecule has 0 amide bonds. The number of benzene rings is 1. The van der Waals surface area contributed by atoms with Crippen LogP contribution in [0, 0.1) is 5.92 Å². The molecule has 10 nitrogen and oxygen atoms in total. The Balaban J connectivity index is 1.90. The van der Waals surface area contributed by atoms with Gasteiger partial charge in [0.05, 0.1) is 40.2 Å². The lowest BCUT2D eigenvalue weighted by Gasteiger charge is -2.38. The van der Waals surface area contributed by atoms with E-state index in [1.165, 1.54) is 12.1 Å². The van der Waals surface area contributed by atoms with E-state index in [1.807, 2.05) is 13.8 Å². The number of fused-ring (bicyclic) bond motifs is 3. The van der Waals surface area contributed by atoms with Crippen molar-refractivity contribution in [1.82, 2.24) is 19.5 Å². The predicted octanol–water partition coefficient (Wildman–Crippen LogP) is 3.46. The van der Waals surface area contributed by atoms with E-state index in [0.717, 1.165) is 26.5 Å². The first-order valence-corrected chi connectivity index (χ1v) is 13.1. The Morgan fingerprint density at radius 1 is 1.14 bits per heavy atom. The highest BCUT2D eigenvalue weighted by Crippen LogP contribution is 2.39. The van der Waals surface area contributed by atoms with Crippen LogP contribution in [0.4, 0.5) is 19.1 Å². The van der Waals surface area contributed by atoms with Crippen molar-refractivity contribution < 1.29 is 35.9 Å². The van der Waals surface area contributed by atoms with Crippen molar-refractivity contribution in [2.75, 3.05) is 24.8 Å². The van der Waals surface area contributed by atoms with Gasteiger partial charge in [0.1, 0.15) is 5.82 Å². The minimum Gasteiger partial charge on any atom is -0.465 e. The van der Waals surface area contributed by atoms with Gasteiger partial charge in [-0.25, -0.2) is 28.2 Å². The van der Waals surface area contributed by atoms with Gasteiger partial charge in [0.2, 0.25) is 5.95 Å². The minimum absolute atomic E-state index is 0.163. The van der Waals surface area contributed by atoms with E-state index in [2.05, 4.69) is 15.0 Å². The van der Waals surface area contributed by atoms with Crippen LogP contribution in [0.2, 0.25) is 0 Å². The van der Waals surface area contributed by atoms with Crippen molar-refractivity contribution in [1.29, 1.82) is 0 Å². The van der Waals surface area contributed by atoms with Crippen LogP contribution in [0.25, 0.3) is 11.0 Å². The largest absolute Gasteiger partial charge is 0.465 e. The van der Waals surface area contributed by atoms with Crippen LogP contribution in [-0.4, -0.2) is 59.6 Å². The second-order valence-corrected chi connectivity index (χ2v) is 11.1. The number of ether oxygens (including phenoxy) is 1. The molecule has 1 aliphatic heterocycles. The first kappa shape index (κ1) is 26.5. The number of anilines is 1. The van der Waals surface area contributed by atoms with Crippen molar-refractivity contribution in [2.45, 2.75) is 44.4 Å². The number of halogens is 3. The number of hydrogen-bond donors (Lipinski definition) is 0. The van der Waals surface area contributed by atoms with Crippen LogP contribution in [-0.2, 0) is 27.3 Å². The molecular weight excluding hydrogens is 515 g/mol. The van der Waals surface area contributed by atoms with Gasteiger partial charge in [0, 0.05) is 25.5 Å². The first-order valence-electron chi connectivity index (χ1n) is 11.2. The molecule has 1 unspecified atom stereocenters. The number of hydrogen-bond acceptors (Lipinski definition) is 9. The van der Waals surface area contributed by atoms with Crippen molar-refractivity contribution in [2.24, 2.45) is 5.92 Å². The molecule has 1 aromatic carbocycles. The maximum absolute atomic E-state index is 13.7. The number of nitrogens with zero attached hydrogens (tertiary/aromatic N) is 5. The molecule has 14 heteroatoms. The molecular formula is C23H24F3N5O5S. The lowest BCUT2D eigenvalue weighted by atomic mass is 10.00. The lowest BCUT2D eigenvalue weighted by molar-refractivity contribution is -0.141. The minimum atomic E-state index is -4.86. The summed E-state index contributed by atoms with van der Waals surface area (Å²) in [5, 5.41) is 0. The molecule has 0 aliphatic carbocycles. The molecule has 198 valence electrons. The van der Waals surface area contributed by atoms with Crippen molar-refractivity contribution in [3.05, 3.63) is 41.0 Å². The number of carbonyl (C=O) groups excluding carboxylic acids is 2. The number of methoxy groups -OCH3 is 1. The number of ketones is 1. The standard InChI is InChI=1S/C23H24F3N5O5S/c1-11(2)18-20-28-15-8-13(21(33)36-4)17(37(5,34)35)9-16(15)30(20)6-7-31(18)22-27-10-14(12(3)32)19(29-22)23(24,25)26/h8-11,18H,6-7H2,1-5H3. The quantitative estimate of drug-likeness (QED) is 0.354. The monoisotopic (exact) mass is 539 g/mol. The number of aromatic nitrogens is 4. The van der Waals surface area contributed by atoms with Crippen LogP contribution >= 0.6 is 0 Å². The normalized spacial score (nSPS) is 16.2. The number of imidazole rings is 1. The number of rotatable bonds is 5. The second-order valence-electron chi connectivity index (χ2n) is 9.09. The predicted molar refractivity (Wildman–Crippen MR) is 126 cm³/mol. The summed E-state index contributed by atoms with van der Waals surface area (Å²) in [6.45, 7) is 5.13. The molecule has 3 heterocycles. The van der Waals surface area contributed by atoms with Gasteiger partial charge >= 0.3 is 12.1 Å². The fourth-order valence-electron chi connectivity index (χ4n) is 4.56. The maximum atomic E-state index is 13.7. The molecule has 0 fully saturated rings. The summed E-state index contributed by atoms with van der Waals surface area (Å²) in [7, 11) is -2.67. The molecule has 0 spiro atoms. The van der Waals surface area contributed by atoms with E-state index in [4.69, 9.17) is 4.74 Å². The van der Waals surface area contributed by atoms with E-state index < -0.39 is 45.1 Å². The Bertz CT molecular complexity index is 1530. The number of sulfone groups is 1. The smallest absolute Gasteiger partial charge is 0.434 e. The molecule has 0 saturated carbocycles. The van der Waals surface area contributed by atoms with Gasteiger partial charge in [-0.1, -0.05) is 13.8 Å². The third-order valence-corrected chi connectivity index (χ3v) is 7.30. The molecule has 0 N–H and O–H groups in total. The van der Waals surface area contributed by atoms with Gasteiger partial charge in [-0.05, 0) is 25.0 Å². The SMILES string of the molecule is COC(=O)c1cc2nc3n(c2cc1S(C)(=O)=O)CCN(c1ncc(C(C)=O)c(C(F)(F)F)n1)C3C(C)C. The highest BCUT2D eigenvalue weighted by Gasteiger charge is 2.40. The zero-order valence-electron chi connectivity index (χ0n) is 20.6. The first-order chi connectivity index (χ1) is 17.1. The zero-order valence-corrected chi connectivity index (χ0v) is 21.4. The topological polar surface area (TPSA) is 124 Å². The van der Waals surface area contributed by atoms with Crippen LogP contribution in [0.5, 0.6) is 0 Å². The summed E-state index contributed by atoms with van der Waals surface area (Å²) in [6.07, 6.45) is -3.00. The van der Waals surface area contributed by atoms with Crippen molar-refractivity contribution in [3.8, 4) is 0 Å². The Kier molecular flexibility index (Phi) is 6.51. The molecule has 0 saturated heterocycles. The lowest BCUT2D eigenvalue weighted by Crippen LogP contribution is -2.42. The van der Waals surface area contributed by atoms with Gasteiger partial charge in [0.15, 0.2) is 21.3 Å².